The summed E-state index contributed by atoms with van der Waals surface area (Å²) in [6, 6.07) is 12.1. The van der Waals surface area contributed by atoms with E-state index < -0.39 is 0 Å². The number of rotatable bonds is 3. The minimum atomic E-state index is -0.241. The zero-order valence-electron chi connectivity index (χ0n) is 9.15. The van der Waals surface area contributed by atoms with E-state index in [0.717, 1.165) is 27.8 Å². The van der Waals surface area contributed by atoms with Crippen LogP contribution in [0, 0.1) is 0 Å². The van der Waals surface area contributed by atoms with Crippen LogP contribution in [0.2, 0.25) is 0 Å². The van der Waals surface area contributed by atoms with E-state index in [0.29, 0.717) is 0 Å². The zero-order valence-corrected chi connectivity index (χ0v) is 11.6. The lowest BCUT2D eigenvalue weighted by atomic mass is 9.90. The van der Waals surface area contributed by atoms with Crippen molar-refractivity contribution in [1.29, 1.82) is 0 Å². The number of halogens is 1. The van der Waals surface area contributed by atoms with Gasteiger partial charge >= 0.3 is 0 Å². The number of benzene rings is 1. The Morgan fingerprint density at radius 1 is 1.18 bits per heavy atom. The molecule has 0 radical (unpaired) electrons. The maximum Gasteiger partial charge on any atom is 0.184 e. The van der Waals surface area contributed by atoms with E-state index in [-0.39, 0.29) is 11.2 Å². The van der Waals surface area contributed by atoms with Crippen LogP contribution >= 0.6 is 27.3 Å². The first-order valence-electron chi connectivity index (χ1n) is 5.57. The Morgan fingerprint density at radius 3 is 2.41 bits per heavy atom. The summed E-state index contributed by atoms with van der Waals surface area (Å²) in [4.78, 5) is 13.4. The molecule has 1 nitrogen and oxygen atoms in total. The first-order valence-corrected chi connectivity index (χ1v) is 7.25. The minimum absolute atomic E-state index is 0.241. The van der Waals surface area contributed by atoms with Crippen molar-refractivity contribution >= 4 is 33.0 Å². The van der Waals surface area contributed by atoms with Crippen molar-refractivity contribution in [2.45, 2.75) is 18.3 Å². The van der Waals surface area contributed by atoms with E-state index in [4.69, 9.17) is 0 Å². The van der Waals surface area contributed by atoms with Crippen molar-refractivity contribution in [1.82, 2.24) is 0 Å². The van der Waals surface area contributed by atoms with Gasteiger partial charge in [0.05, 0.1) is 10.3 Å². The zero-order chi connectivity index (χ0) is 11.9. The van der Waals surface area contributed by atoms with Crippen molar-refractivity contribution in [2.24, 2.45) is 0 Å². The second-order valence-corrected chi connectivity index (χ2v) is 6.15. The van der Waals surface area contributed by atoms with Crippen molar-refractivity contribution in [2.75, 3.05) is 0 Å². The summed E-state index contributed by atoms with van der Waals surface area (Å²) in [5.74, 6) is 0.269. The van der Waals surface area contributed by atoms with Gasteiger partial charge in [-0.1, -0.05) is 30.3 Å². The molecule has 1 aliphatic rings. The molecule has 0 unspecified atom stereocenters. The normalized spacial score (nSPS) is 16.8. The van der Waals surface area contributed by atoms with E-state index >= 15 is 0 Å². The lowest BCUT2D eigenvalue weighted by Crippen LogP contribution is -2.19. The van der Waals surface area contributed by atoms with Crippen LogP contribution in [0.1, 0.15) is 28.1 Å². The molecule has 1 aliphatic carbocycles. The molecule has 1 aromatic carbocycles. The molecule has 0 saturated heterocycles. The van der Waals surface area contributed by atoms with Crippen molar-refractivity contribution in [3.05, 3.63) is 56.7 Å². The molecule has 3 heteroatoms. The first-order chi connectivity index (χ1) is 8.24. The largest absolute Gasteiger partial charge is 0.292 e. The third-order valence-electron chi connectivity index (χ3n) is 3.33. The predicted molar refractivity (Wildman–Crippen MR) is 73.7 cm³/mol. The fourth-order valence-corrected chi connectivity index (χ4v) is 3.79. The lowest BCUT2D eigenvalue weighted by Gasteiger charge is -2.13. The molecule has 0 bridgehead atoms. The second-order valence-electron chi connectivity index (χ2n) is 4.37. The molecule has 2 aromatic rings. The molecule has 3 rings (SSSR count). The van der Waals surface area contributed by atoms with Gasteiger partial charge in [-0.25, -0.2) is 0 Å². The highest BCUT2D eigenvalue weighted by Gasteiger charge is 2.51. The monoisotopic (exact) mass is 306 g/mol. The number of ketones is 1. The Morgan fingerprint density at radius 2 is 1.88 bits per heavy atom. The van der Waals surface area contributed by atoms with E-state index in [1.165, 1.54) is 11.3 Å². The Hall–Kier alpha value is -0.930. The highest BCUT2D eigenvalue weighted by molar-refractivity contribution is 9.10. The van der Waals surface area contributed by atoms with Gasteiger partial charge in [-0.3, -0.25) is 4.79 Å². The molecule has 0 N–H and O–H groups in total. The summed E-state index contributed by atoms with van der Waals surface area (Å²) >= 11 is 4.97. The molecule has 1 heterocycles. The highest BCUT2D eigenvalue weighted by atomic mass is 79.9. The van der Waals surface area contributed by atoms with E-state index in [1.54, 1.807) is 0 Å². The maximum atomic E-state index is 12.6. The van der Waals surface area contributed by atoms with E-state index in [9.17, 15) is 4.79 Å². The number of Topliss-reactive ketones (excluding diaryl/α,β-unsaturated/α-hetero) is 1. The van der Waals surface area contributed by atoms with Gasteiger partial charge in [0, 0.05) is 4.47 Å². The molecule has 1 aromatic heterocycles. The standard InChI is InChI=1S/C14H11BrOS/c15-11-6-9-17-12(11)13(16)14(7-8-14)10-4-2-1-3-5-10/h1-6,9H,7-8H2. The second kappa shape index (κ2) is 4.07. The number of hydrogen-bond donors (Lipinski definition) is 0. The number of carbonyl (C=O) groups is 1. The van der Waals surface area contributed by atoms with E-state index in [2.05, 4.69) is 28.1 Å². The summed E-state index contributed by atoms with van der Waals surface area (Å²) < 4.78 is 0.926. The van der Waals surface area contributed by atoms with Crippen LogP contribution in [0.25, 0.3) is 0 Å². The number of hydrogen-bond acceptors (Lipinski definition) is 2. The Kier molecular flexibility index (Phi) is 2.68. The van der Waals surface area contributed by atoms with Gasteiger partial charge in [-0.15, -0.1) is 11.3 Å². The fourth-order valence-electron chi connectivity index (χ4n) is 2.20. The number of thiophene rings is 1. The average molecular weight is 307 g/mol. The molecule has 0 amide bonds. The highest BCUT2D eigenvalue weighted by Crippen LogP contribution is 2.51. The van der Waals surface area contributed by atoms with Gasteiger partial charge in [0.15, 0.2) is 5.78 Å². The van der Waals surface area contributed by atoms with Gasteiger partial charge in [0.25, 0.3) is 0 Å². The smallest absolute Gasteiger partial charge is 0.184 e. The average Bonchev–Trinajstić information content (AvgIpc) is 3.07. The molecular weight excluding hydrogens is 296 g/mol. The van der Waals surface area contributed by atoms with Gasteiger partial charge < -0.3 is 0 Å². The van der Waals surface area contributed by atoms with Crippen molar-refractivity contribution in [3.63, 3.8) is 0 Å². The molecule has 86 valence electrons. The molecule has 1 saturated carbocycles. The van der Waals surface area contributed by atoms with Crippen molar-refractivity contribution < 1.29 is 4.79 Å². The van der Waals surface area contributed by atoms with E-state index in [1.807, 2.05) is 29.6 Å². The summed E-state index contributed by atoms with van der Waals surface area (Å²) in [7, 11) is 0. The van der Waals surface area contributed by atoms with Gasteiger partial charge in [-0.05, 0) is 45.8 Å². The summed E-state index contributed by atoms with van der Waals surface area (Å²) in [5, 5.41) is 1.96. The molecule has 0 spiro atoms. The fraction of sp³-hybridized carbons (Fsp3) is 0.214. The molecular formula is C14H11BrOS. The van der Waals surface area contributed by atoms with Gasteiger partial charge in [-0.2, -0.15) is 0 Å². The van der Waals surface area contributed by atoms with Gasteiger partial charge in [0.2, 0.25) is 0 Å². The quantitative estimate of drug-likeness (QED) is 0.767. The van der Waals surface area contributed by atoms with Crippen LogP contribution in [0.4, 0.5) is 0 Å². The van der Waals surface area contributed by atoms with Crippen molar-refractivity contribution in [3.8, 4) is 0 Å². The SMILES string of the molecule is O=C(c1sccc1Br)C1(c2ccccc2)CC1. The van der Waals surface area contributed by atoms with Crippen LogP contribution in [-0.2, 0) is 5.41 Å². The Bertz CT molecular complexity index is 555. The number of carbonyl (C=O) groups excluding carboxylic acids is 1. The topological polar surface area (TPSA) is 17.1 Å². The summed E-state index contributed by atoms with van der Waals surface area (Å²) in [6.45, 7) is 0. The molecule has 0 aliphatic heterocycles. The molecule has 1 fully saturated rings. The Labute approximate surface area is 113 Å². The minimum Gasteiger partial charge on any atom is -0.292 e. The Balaban J connectivity index is 2.00. The lowest BCUT2D eigenvalue weighted by molar-refractivity contribution is 0.0949. The molecule has 0 atom stereocenters. The maximum absolute atomic E-state index is 12.6. The third-order valence-corrected chi connectivity index (χ3v) is 5.17. The summed E-state index contributed by atoms with van der Waals surface area (Å²) in [6.07, 6.45) is 1.94. The van der Waals surface area contributed by atoms with Gasteiger partial charge in [0.1, 0.15) is 0 Å². The van der Waals surface area contributed by atoms with Crippen LogP contribution in [0.15, 0.2) is 46.3 Å². The van der Waals surface area contributed by atoms with Crippen LogP contribution < -0.4 is 0 Å². The predicted octanol–water partition coefficient (Wildman–Crippen LogP) is 4.43. The molecule has 17 heavy (non-hydrogen) atoms. The third kappa shape index (κ3) is 1.78. The van der Waals surface area contributed by atoms with Crippen LogP contribution in [-0.4, -0.2) is 5.78 Å². The van der Waals surface area contributed by atoms with Crippen LogP contribution in [0.5, 0.6) is 0 Å². The van der Waals surface area contributed by atoms with Crippen LogP contribution in [0.3, 0.4) is 0 Å². The summed E-state index contributed by atoms with van der Waals surface area (Å²) in [5.41, 5.74) is 0.916. The first kappa shape index (κ1) is 11.2.